The number of carboxylic acid groups (broad SMARTS) is 1. The van der Waals surface area contributed by atoms with Crippen molar-refractivity contribution < 1.29 is 15.0 Å². The first-order chi connectivity index (χ1) is 8.61. The molecule has 88 valence electrons. The van der Waals surface area contributed by atoms with Gasteiger partial charge in [-0.25, -0.2) is 14.8 Å². The monoisotopic (exact) mass is 241 g/mol. The highest BCUT2D eigenvalue weighted by Gasteiger charge is 2.09. The van der Waals surface area contributed by atoms with E-state index >= 15 is 0 Å². The van der Waals surface area contributed by atoms with Crippen LogP contribution in [0.4, 0.5) is 0 Å². The van der Waals surface area contributed by atoms with Crippen molar-refractivity contribution in [2.45, 2.75) is 0 Å². The molecule has 0 bridgehead atoms. The van der Waals surface area contributed by atoms with Crippen molar-refractivity contribution in [2.75, 3.05) is 0 Å². The lowest BCUT2D eigenvalue weighted by atomic mass is 10.1. The van der Waals surface area contributed by atoms with E-state index in [2.05, 4.69) is 9.97 Å². The Bertz CT molecular complexity index is 662. The number of aromatic nitrogens is 2. The normalized spacial score (nSPS) is 9.72. The Balaban J connectivity index is 2.52. The molecule has 2 N–H and O–H groups in total. The number of phenols is 1. The molecule has 0 unspecified atom stereocenters. The summed E-state index contributed by atoms with van der Waals surface area (Å²) in [4.78, 5) is 18.6. The zero-order valence-electron chi connectivity index (χ0n) is 9.03. The van der Waals surface area contributed by atoms with E-state index in [9.17, 15) is 9.90 Å². The molecule has 0 saturated carbocycles. The zero-order chi connectivity index (χ0) is 13.1. The summed E-state index contributed by atoms with van der Waals surface area (Å²) in [5.74, 6) is -1.11. The van der Waals surface area contributed by atoms with Gasteiger partial charge in [-0.05, 0) is 24.3 Å². The second kappa shape index (κ2) is 4.51. The summed E-state index contributed by atoms with van der Waals surface area (Å²) < 4.78 is 0. The fraction of sp³-hybridized carbons (Fsp3) is 0. The first-order valence-corrected chi connectivity index (χ1v) is 4.91. The molecule has 6 nitrogen and oxygen atoms in total. The minimum Gasteiger partial charge on any atom is -0.507 e. The highest BCUT2D eigenvalue weighted by atomic mass is 16.4. The Kier molecular flexibility index (Phi) is 2.89. The van der Waals surface area contributed by atoms with Crippen LogP contribution in [-0.4, -0.2) is 26.2 Å². The largest absolute Gasteiger partial charge is 0.507 e. The van der Waals surface area contributed by atoms with E-state index in [-0.39, 0.29) is 22.8 Å². The maximum absolute atomic E-state index is 10.8. The number of carboxylic acids is 1. The number of nitriles is 1. The maximum atomic E-state index is 10.8. The van der Waals surface area contributed by atoms with Crippen LogP contribution in [0.1, 0.15) is 16.1 Å². The molecule has 1 aromatic heterocycles. The Morgan fingerprint density at radius 2 is 2.11 bits per heavy atom. The standard InChI is InChI=1S/C12H7N3O3/c13-6-8-5-7(1-2-10(8)16)11-14-4-3-9(15-11)12(17)18/h1-5,16H,(H,17,18). The quantitative estimate of drug-likeness (QED) is 0.823. The van der Waals surface area contributed by atoms with Gasteiger partial charge in [0.1, 0.15) is 11.8 Å². The molecule has 0 spiro atoms. The predicted octanol–water partition coefficient (Wildman–Crippen LogP) is 1.42. The third-order valence-electron chi connectivity index (χ3n) is 2.25. The van der Waals surface area contributed by atoms with Crippen molar-refractivity contribution in [3.05, 3.63) is 41.7 Å². The molecule has 0 aliphatic rings. The van der Waals surface area contributed by atoms with Gasteiger partial charge in [0.05, 0.1) is 5.56 Å². The lowest BCUT2D eigenvalue weighted by Gasteiger charge is -2.02. The zero-order valence-corrected chi connectivity index (χ0v) is 9.03. The van der Waals surface area contributed by atoms with Crippen LogP contribution in [0.2, 0.25) is 0 Å². The molecule has 1 aromatic carbocycles. The number of hydrogen-bond acceptors (Lipinski definition) is 5. The SMILES string of the molecule is N#Cc1cc(-c2nccc(C(=O)O)n2)ccc1O. The van der Waals surface area contributed by atoms with Crippen molar-refractivity contribution >= 4 is 5.97 Å². The smallest absolute Gasteiger partial charge is 0.354 e. The fourth-order valence-electron chi connectivity index (χ4n) is 1.38. The van der Waals surface area contributed by atoms with Crippen LogP contribution in [0.3, 0.4) is 0 Å². The molecular formula is C12H7N3O3. The molecule has 2 rings (SSSR count). The molecule has 2 aromatic rings. The molecule has 0 amide bonds. The molecule has 0 atom stereocenters. The van der Waals surface area contributed by atoms with Crippen molar-refractivity contribution in [1.29, 1.82) is 5.26 Å². The third-order valence-corrected chi connectivity index (χ3v) is 2.25. The molecule has 0 aliphatic heterocycles. The second-order valence-corrected chi connectivity index (χ2v) is 3.41. The molecule has 0 fully saturated rings. The van der Waals surface area contributed by atoms with E-state index in [1.807, 2.05) is 6.07 Å². The lowest BCUT2D eigenvalue weighted by Crippen LogP contribution is -2.02. The van der Waals surface area contributed by atoms with Crippen LogP contribution in [0.5, 0.6) is 5.75 Å². The first-order valence-electron chi connectivity index (χ1n) is 4.91. The van der Waals surface area contributed by atoms with Crippen molar-refractivity contribution in [2.24, 2.45) is 0 Å². The number of carbonyl (C=O) groups is 1. The Labute approximate surface area is 102 Å². The molecule has 18 heavy (non-hydrogen) atoms. The van der Waals surface area contributed by atoms with Gasteiger partial charge in [0, 0.05) is 11.8 Å². The summed E-state index contributed by atoms with van der Waals surface area (Å²) in [5, 5.41) is 27.0. The van der Waals surface area contributed by atoms with Gasteiger partial charge in [-0.3, -0.25) is 0 Å². The van der Waals surface area contributed by atoms with Gasteiger partial charge in [0.25, 0.3) is 0 Å². The van der Waals surface area contributed by atoms with Crippen molar-refractivity contribution in [3.63, 3.8) is 0 Å². The van der Waals surface area contributed by atoms with Crippen LogP contribution in [-0.2, 0) is 0 Å². The summed E-state index contributed by atoms with van der Waals surface area (Å²) in [5.41, 5.74) is 0.413. The molecule has 0 aliphatic carbocycles. The molecule has 0 radical (unpaired) electrons. The summed E-state index contributed by atoms with van der Waals surface area (Å²) in [6, 6.07) is 7.34. The van der Waals surface area contributed by atoms with Gasteiger partial charge in [0.15, 0.2) is 11.5 Å². The van der Waals surface area contributed by atoms with Gasteiger partial charge < -0.3 is 10.2 Å². The molecule has 1 heterocycles. The van der Waals surface area contributed by atoms with Crippen molar-refractivity contribution in [1.82, 2.24) is 9.97 Å². The number of benzene rings is 1. The molecular weight excluding hydrogens is 234 g/mol. The number of aromatic carboxylic acids is 1. The van der Waals surface area contributed by atoms with E-state index in [4.69, 9.17) is 10.4 Å². The van der Waals surface area contributed by atoms with Gasteiger partial charge in [0.2, 0.25) is 0 Å². The maximum Gasteiger partial charge on any atom is 0.354 e. The van der Waals surface area contributed by atoms with E-state index in [0.29, 0.717) is 5.56 Å². The van der Waals surface area contributed by atoms with Gasteiger partial charge in [-0.2, -0.15) is 5.26 Å². The van der Waals surface area contributed by atoms with Crippen molar-refractivity contribution in [3.8, 4) is 23.2 Å². The molecule has 0 saturated heterocycles. The van der Waals surface area contributed by atoms with E-state index < -0.39 is 5.97 Å². The number of hydrogen-bond donors (Lipinski definition) is 2. The number of rotatable bonds is 2. The van der Waals surface area contributed by atoms with E-state index in [1.54, 1.807) is 0 Å². The second-order valence-electron chi connectivity index (χ2n) is 3.41. The predicted molar refractivity (Wildman–Crippen MR) is 60.8 cm³/mol. The number of nitrogens with zero attached hydrogens (tertiary/aromatic N) is 3. The van der Waals surface area contributed by atoms with Crippen LogP contribution in [0.15, 0.2) is 30.5 Å². The lowest BCUT2D eigenvalue weighted by molar-refractivity contribution is 0.0690. The van der Waals surface area contributed by atoms with E-state index in [1.165, 1.54) is 30.5 Å². The third kappa shape index (κ3) is 2.10. The van der Waals surface area contributed by atoms with Crippen LogP contribution in [0, 0.1) is 11.3 Å². The van der Waals surface area contributed by atoms with Gasteiger partial charge >= 0.3 is 5.97 Å². The minimum atomic E-state index is -1.15. The summed E-state index contributed by atoms with van der Waals surface area (Å²) in [6.07, 6.45) is 1.32. The summed E-state index contributed by atoms with van der Waals surface area (Å²) in [6.45, 7) is 0. The van der Waals surface area contributed by atoms with Crippen LogP contribution < -0.4 is 0 Å². The number of phenolic OH excluding ortho intramolecular Hbond substituents is 1. The fourth-order valence-corrected chi connectivity index (χ4v) is 1.38. The Hall–Kier alpha value is -2.94. The highest BCUT2D eigenvalue weighted by molar-refractivity contribution is 5.85. The summed E-state index contributed by atoms with van der Waals surface area (Å²) in [7, 11) is 0. The van der Waals surface area contributed by atoms with Gasteiger partial charge in [-0.1, -0.05) is 0 Å². The van der Waals surface area contributed by atoms with E-state index in [0.717, 1.165) is 0 Å². The average Bonchev–Trinajstić information content (AvgIpc) is 2.39. The summed E-state index contributed by atoms with van der Waals surface area (Å²) >= 11 is 0. The Morgan fingerprint density at radius 1 is 1.33 bits per heavy atom. The Morgan fingerprint density at radius 3 is 2.78 bits per heavy atom. The number of aromatic hydroxyl groups is 1. The van der Waals surface area contributed by atoms with Crippen LogP contribution in [0.25, 0.3) is 11.4 Å². The van der Waals surface area contributed by atoms with Gasteiger partial charge in [-0.15, -0.1) is 0 Å². The highest BCUT2D eigenvalue weighted by Crippen LogP contribution is 2.22. The topological polar surface area (TPSA) is 107 Å². The van der Waals surface area contributed by atoms with Crippen LogP contribution >= 0.6 is 0 Å². The minimum absolute atomic E-state index is 0.0804. The molecule has 6 heteroatoms. The average molecular weight is 241 g/mol. The first kappa shape index (κ1) is 11.5.